The van der Waals surface area contributed by atoms with Gasteiger partial charge in [-0.2, -0.15) is 0 Å². The molecule has 0 unspecified atom stereocenters. The summed E-state index contributed by atoms with van der Waals surface area (Å²) >= 11 is 0. The van der Waals surface area contributed by atoms with E-state index in [0.717, 1.165) is 12.8 Å². The number of hydrogen-bond acceptors (Lipinski definition) is 3. The number of carboxylic acids is 1. The van der Waals surface area contributed by atoms with Crippen LogP contribution < -0.4 is 5.43 Å². The highest BCUT2D eigenvalue weighted by molar-refractivity contribution is 5.87. The predicted octanol–water partition coefficient (Wildman–Crippen LogP) is 1.44. The molecular formula is C12H15NO4. The minimum atomic E-state index is -1.30. The lowest BCUT2D eigenvalue weighted by atomic mass is 10.1. The third-order valence-corrected chi connectivity index (χ3v) is 3.23. The van der Waals surface area contributed by atoms with E-state index in [0.29, 0.717) is 12.5 Å². The first-order chi connectivity index (χ1) is 8.08. The molecule has 0 aliphatic heterocycles. The van der Waals surface area contributed by atoms with Gasteiger partial charge in [0.2, 0.25) is 5.43 Å². The maximum absolute atomic E-state index is 11.4. The van der Waals surface area contributed by atoms with Crippen LogP contribution in [0.25, 0.3) is 0 Å². The van der Waals surface area contributed by atoms with Crippen molar-refractivity contribution in [1.82, 2.24) is 4.57 Å². The zero-order valence-corrected chi connectivity index (χ0v) is 9.43. The van der Waals surface area contributed by atoms with E-state index >= 15 is 0 Å². The molecule has 5 heteroatoms. The topological polar surface area (TPSA) is 79.5 Å². The molecule has 92 valence electrons. The van der Waals surface area contributed by atoms with Crippen molar-refractivity contribution in [2.75, 3.05) is 0 Å². The Bertz CT molecular complexity index is 486. The molecular weight excluding hydrogens is 222 g/mol. The fraction of sp³-hybridized carbons (Fsp3) is 0.500. The Kier molecular flexibility index (Phi) is 3.17. The maximum atomic E-state index is 11.4. The molecule has 0 radical (unpaired) electrons. The number of rotatable bonds is 3. The number of aromatic hydroxyl groups is 1. The highest BCUT2D eigenvalue weighted by Gasteiger charge is 2.18. The third kappa shape index (κ3) is 2.49. The minimum absolute atomic E-state index is 0.372. The molecule has 0 atom stereocenters. The van der Waals surface area contributed by atoms with E-state index in [2.05, 4.69) is 0 Å². The molecule has 2 rings (SSSR count). The van der Waals surface area contributed by atoms with E-state index < -0.39 is 17.1 Å². The summed E-state index contributed by atoms with van der Waals surface area (Å²) < 4.78 is 1.61. The minimum Gasteiger partial charge on any atom is -0.503 e. The van der Waals surface area contributed by atoms with Crippen molar-refractivity contribution < 1.29 is 15.0 Å². The lowest BCUT2D eigenvalue weighted by Gasteiger charge is -2.13. The monoisotopic (exact) mass is 237 g/mol. The first kappa shape index (κ1) is 11.7. The van der Waals surface area contributed by atoms with Crippen LogP contribution in [-0.2, 0) is 6.54 Å². The van der Waals surface area contributed by atoms with Crippen LogP contribution in [0.3, 0.4) is 0 Å². The SMILES string of the molecule is O=C(O)c1cn(CC2CCCC2)cc(O)c1=O. The Morgan fingerprint density at radius 1 is 1.35 bits per heavy atom. The van der Waals surface area contributed by atoms with Crippen LogP contribution in [0.1, 0.15) is 36.0 Å². The van der Waals surface area contributed by atoms with Crippen molar-refractivity contribution in [3.05, 3.63) is 28.2 Å². The second-order valence-corrected chi connectivity index (χ2v) is 4.54. The van der Waals surface area contributed by atoms with Crippen LogP contribution in [0.15, 0.2) is 17.2 Å². The van der Waals surface area contributed by atoms with Gasteiger partial charge in [-0.15, -0.1) is 0 Å². The molecule has 0 saturated heterocycles. The Balaban J connectivity index is 2.28. The molecule has 1 aliphatic carbocycles. The van der Waals surface area contributed by atoms with E-state index in [1.807, 2.05) is 0 Å². The number of carboxylic acid groups (broad SMARTS) is 1. The van der Waals surface area contributed by atoms with Gasteiger partial charge in [-0.1, -0.05) is 12.8 Å². The van der Waals surface area contributed by atoms with Crippen LogP contribution >= 0.6 is 0 Å². The molecule has 0 bridgehead atoms. The standard InChI is InChI=1S/C12H15NO4/c14-10-7-13(5-8-3-1-2-4-8)6-9(11(10)15)12(16)17/h6-8,14H,1-5H2,(H,16,17). The van der Waals surface area contributed by atoms with Gasteiger partial charge in [0.1, 0.15) is 5.56 Å². The second-order valence-electron chi connectivity index (χ2n) is 4.54. The maximum Gasteiger partial charge on any atom is 0.341 e. The molecule has 2 N–H and O–H groups in total. The summed E-state index contributed by atoms with van der Waals surface area (Å²) in [6.07, 6.45) is 7.26. The average molecular weight is 237 g/mol. The fourth-order valence-electron chi connectivity index (χ4n) is 2.36. The van der Waals surface area contributed by atoms with Crippen LogP contribution in [-0.4, -0.2) is 20.7 Å². The highest BCUT2D eigenvalue weighted by Crippen LogP contribution is 2.26. The molecule has 1 saturated carbocycles. The molecule has 1 aliphatic rings. The number of aromatic carboxylic acids is 1. The van der Waals surface area contributed by atoms with Gasteiger partial charge in [-0.3, -0.25) is 4.79 Å². The first-order valence-electron chi connectivity index (χ1n) is 5.74. The summed E-state index contributed by atoms with van der Waals surface area (Å²) in [6.45, 7) is 0.661. The Morgan fingerprint density at radius 2 is 2.00 bits per heavy atom. The Labute approximate surface area is 98.3 Å². The van der Waals surface area contributed by atoms with Gasteiger partial charge in [-0.25, -0.2) is 4.79 Å². The second kappa shape index (κ2) is 4.61. The lowest BCUT2D eigenvalue weighted by Crippen LogP contribution is -2.19. The Hall–Kier alpha value is -1.78. The number of hydrogen-bond donors (Lipinski definition) is 2. The summed E-state index contributed by atoms with van der Waals surface area (Å²) in [4.78, 5) is 22.2. The van der Waals surface area contributed by atoms with Crippen molar-refractivity contribution in [1.29, 1.82) is 0 Å². The first-order valence-corrected chi connectivity index (χ1v) is 5.74. The summed E-state index contributed by atoms with van der Waals surface area (Å²) in [6, 6.07) is 0. The quantitative estimate of drug-likeness (QED) is 0.833. The van der Waals surface area contributed by atoms with Gasteiger partial charge in [0.25, 0.3) is 0 Å². The average Bonchev–Trinajstić information content (AvgIpc) is 2.75. The van der Waals surface area contributed by atoms with E-state index in [1.54, 1.807) is 4.57 Å². The smallest absolute Gasteiger partial charge is 0.341 e. The fourth-order valence-corrected chi connectivity index (χ4v) is 2.36. The lowest BCUT2D eigenvalue weighted by molar-refractivity contribution is 0.0693. The van der Waals surface area contributed by atoms with E-state index in [-0.39, 0.29) is 5.56 Å². The third-order valence-electron chi connectivity index (χ3n) is 3.23. The Morgan fingerprint density at radius 3 is 2.59 bits per heavy atom. The number of pyridine rings is 1. The van der Waals surface area contributed by atoms with Crippen LogP contribution in [0.4, 0.5) is 0 Å². The molecule has 0 spiro atoms. The zero-order valence-electron chi connectivity index (χ0n) is 9.43. The summed E-state index contributed by atoms with van der Waals surface area (Å²) in [7, 11) is 0. The van der Waals surface area contributed by atoms with Gasteiger partial charge in [0, 0.05) is 18.9 Å². The molecule has 0 amide bonds. The van der Waals surface area contributed by atoms with Gasteiger partial charge >= 0.3 is 5.97 Å². The molecule has 5 nitrogen and oxygen atoms in total. The van der Waals surface area contributed by atoms with Gasteiger partial charge in [0.15, 0.2) is 5.75 Å². The van der Waals surface area contributed by atoms with Crippen LogP contribution in [0.5, 0.6) is 5.75 Å². The van der Waals surface area contributed by atoms with E-state index in [1.165, 1.54) is 25.2 Å². The largest absolute Gasteiger partial charge is 0.503 e. The van der Waals surface area contributed by atoms with E-state index in [4.69, 9.17) is 5.11 Å². The zero-order chi connectivity index (χ0) is 12.4. The van der Waals surface area contributed by atoms with E-state index in [9.17, 15) is 14.7 Å². The molecule has 1 heterocycles. The predicted molar refractivity (Wildman–Crippen MR) is 61.3 cm³/mol. The number of carbonyl (C=O) groups is 1. The summed E-state index contributed by atoms with van der Waals surface area (Å²) in [5, 5.41) is 18.3. The normalized spacial score (nSPS) is 16.2. The molecule has 1 fully saturated rings. The van der Waals surface area contributed by atoms with Gasteiger partial charge < -0.3 is 14.8 Å². The molecule has 17 heavy (non-hydrogen) atoms. The molecule has 1 aromatic rings. The van der Waals surface area contributed by atoms with Crippen molar-refractivity contribution in [3.63, 3.8) is 0 Å². The molecule has 0 aromatic carbocycles. The number of aromatic nitrogens is 1. The summed E-state index contributed by atoms with van der Waals surface area (Å²) in [5.41, 5.74) is -1.19. The van der Waals surface area contributed by atoms with Gasteiger partial charge in [0.05, 0.1) is 0 Å². The van der Waals surface area contributed by atoms with Crippen molar-refractivity contribution in [3.8, 4) is 5.75 Å². The highest BCUT2D eigenvalue weighted by atomic mass is 16.4. The van der Waals surface area contributed by atoms with Crippen LogP contribution in [0, 0.1) is 5.92 Å². The summed E-state index contributed by atoms with van der Waals surface area (Å²) in [5.74, 6) is -1.28. The molecule has 1 aromatic heterocycles. The van der Waals surface area contributed by atoms with Gasteiger partial charge in [-0.05, 0) is 18.8 Å². The van der Waals surface area contributed by atoms with Crippen molar-refractivity contribution in [2.45, 2.75) is 32.2 Å². The number of nitrogens with zero attached hydrogens (tertiary/aromatic N) is 1. The van der Waals surface area contributed by atoms with Crippen molar-refractivity contribution in [2.24, 2.45) is 5.92 Å². The van der Waals surface area contributed by atoms with Crippen molar-refractivity contribution >= 4 is 5.97 Å². The van der Waals surface area contributed by atoms with Crippen LogP contribution in [0.2, 0.25) is 0 Å².